The number of hydrogen-bond donors (Lipinski definition) is 2. The minimum Gasteiger partial charge on any atom is -0.504 e. The molecule has 0 spiro atoms. The molecule has 3 amide bonds. The van der Waals surface area contributed by atoms with Crippen molar-refractivity contribution in [2.45, 2.75) is 0 Å². The molecule has 1 aliphatic rings. The zero-order chi connectivity index (χ0) is 23.4. The van der Waals surface area contributed by atoms with Gasteiger partial charge < -0.3 is 19.9 Å². The molecule has 1 aliphatic heterocycles. The number of phenols is 1. The number of esters is 1. The van der Waals surface area contributed by atoms with Gasteiger partial charge in [-0.2, -0.15) is 0 Å². The number of hydrogen-bond acceptors (Lipinski definition) is 8. The van der Waals surface area contributed by atoms with Crippen molar-refractivity contribution < 1.29 is 33.8 Å². The van der Waals surface area contributed by atoms with Crippen LogP contribution in [0.3, 0.4) is 0 Å². The summed E-state index contributed by atoms with van der Waals surface area (Å²) in [5.74, 6) is -1.79. The van der Waals surface area contributed by atoms with E-state index in [9.17, 15) is 24.3 Å². The number of carbonyl (C=O) groups excluding carboxylic acids is 4. The average Bonchev–Trinajstić information content (AvgIpc) is 3.03. The van der Waals surface area contributed by atoms with E-state index in [1.54, 1.807) is 6.07 Å². The lowest BCUT2D eigenvalue weighted by molar-refractivity contribution is -0.127. The van der Waals surface area contributed by atoms with Crippen LogP contribution in [0.5, 0.6) is 11.5 Å². The molecule has 0 atom stereocenters. The Balaban J connectivity index is 1.72. The summed E-state index contributed by atoms with van der Waals surface area (Å²) in [4.78, 5) is 50.0. The van der Waals surface area contributed by atoms with Crippen molar-refractivity contribution in [3.8, 4) is 11.5 Å². The first kappa shape index (κ1) is 23.2. The second-order valence-corrected chi connectivity index (χ2v) is 7.83. The molecule has 9 nitrogen and oxygen atoms in total. The summed E-state index contributed by atoms with van der Waals surface area (Å²) < 4.78 is 9.66. The molecule has 2 N–H and O–H groups in total. The first-order chi connectivity index (χ1) is 15.2. The number of aromatic hydroxyl groups is 1. The van der Waals surface area contributed by atoms with E-state index >= 15 is 0 Å². The number of nitrogens with zero attached hydrogens (tertiary/aromatic N) is 1. The Morgan fingerprint density at radius 3 is 2.62 bits per heavy atom. The fraction of sp³-hybridized carbons (Fsp3) is 0.143. The van der Waals surface area contributed by atoms with Crippen molar-refractivity contribution in [3.63, 3.8) is 0 Å². The lowest BCUT2D eigenvalue weighted by atomic mass is 10.2. The Morgan fingerprint density at radius 2 is 1.94 bits per heavy atom. The fourth-order valence-corrected chi connectivity index (χ4v) is 3.82. The number of nitrogens with one attached hydrogen (secondary N) is 1. The van der Waals surface area contributed by atoms with Gasteiger partial charge in [0.2, 0.25) is 5.91 Å². The lowest BCUT2D eigenvalue weighted by Crippen LogP contribution is -2.36. The van der Waals surface area contributed by atoms with Gasteiger partial charge in [-0.05, 0) is 53.7 Å². The van der Waals surface area contributed by atoms with Gasteiger partial charge in [-0.15, -0.1) is 0 Å². The van der Waals surface area contributed by atoms with Gasteiger partial charge in [0.25, 0.3) is 11.1 Å². The highest BCUT2D eigenvalue weighted by Crippen LogP contribution is 2.34. The summed E-state index contributed by atoms with van der Waals surface area (Å²) in [7, 11) is 2.59. The Morgan fingerprint density at radius 1 is 1.19 bits per heavy atom. The van der Waals surface area contributed by atoms with E-state index in [1.165, 1.54) is 50.6 Å². The van der Waals surface area contributed by atoms with Crippen molar-refractivity contribution in [2.75, 3.05) is 26.1 Å². The zero-order valence-corrected chi connectivity index (χ0v) is 18.5. The molecule has 2 aromatic rings. The molecule has 11 heteroatoms. The van der Waals surface area contributed by atoms with E-state index in [0.717, 1.165) is 4.90 Å². The van der Waals surface area contributed by atoms with Crippen LogP contribution in [0.2, 0.25) is 5.02 Å². The monoisotopic (exact) mass is 476 g/mol. The van der Waals surface area contributed by atoms with Crippen LogP contribution < -0.4 is 10.1 Å². The minimum atomic E-state index is -0.673. The van der Waals surface area contributed by atoms with Crippen LogP contribution in [0.4, 0.5) is 10.5 Å². The molecule has 1 saturated heterocycles. The van der Waals surface area contributed by atoms with Gasteiger partial charge in [-0.1, -0.05) is 17.7 Å². The number of amides is 3. The van der Waals surface area contributed by atoms with Crippen LogP contribution in [0.1, 0.15) is 15.9 Å². The highest BCUT2D eigenvalue weighted by atomic mass is 35.5. The third-order valence-electron chi connectivity index (χ3n) is 4.33. The number of halogens is 1. The predicted molar refractivity (Wildman–Crippen MR) is 119 cm³/mol. The molecule has 0 aliphatic carbocycles. The summed E-state index contributed by atoms with van der Waals surface area (Å²) in [6.07, 6.45) is 1.46. The van der Waals surface area contributed by atoms with E-state index < -0.39 is 29.6 Å². The standard InChI is InChI=1S/C21H17ClN2O7S/c1-30-16-7-11(3-6-15(16)25)8-17-19(27)24(21(29)32-17)10-18(26)23-12-4-5-14(22)13(9-12)20(28)31-2/h3-9,25H,10H2,1-2H3,(H,23,26)/b17-8+. The minimum absolute atomic E-state index is 0.0605. The summed E-state index contributed by atoms with van der Waals surface area (Å²) >= 11 is 6.64. The summed E-state index contributed by atoms with van der Waals surface area (Å²) in [5.41, 5.74) is 0.843. The maximum absolute atomic E-state index is 12.6. The van der Waals surface area contributed by atoms with Crippen molar-refractivity contribution in [1.82, 2.24) is 4.90 Å². The molecule has 1 fully saturated rings. The molecule has 166 valence electrons. The Bertz CT molecular complexity index is 1150. The number of anilines is 1. The van der Waals surface area contributed by atoms with E-state index in [1.807, 2.05) is 0 Å². The Labute approximate surface area is 191 Å². The molecule has 1 heterocycles. The maximum Gasteiger partial charge on any atom is 0.339 e. The quantitative estimate of drug-likeness (QED) is 0.479. The van der Waals surface area contributed by atoms with E-state index in [2.05, 4.69) is 10.1 Å². The molecule has 0 saturated carbocycles. The first-order valence-electron chi connectivity index (χ1n) is 9.03. The van der Waals surface area contributed by atoms with Gasteiger partial charge in [0, 0.05) is 5.69 Å². The van der Waals surface area contributed by atoms with Crippen LogP contribution in [0.25, 0.3) is 6.08 Å². The molecule has 32 heavy (non-hydrogen) atoms. The third-order valence-corrected chi connectivity index (χ3v) is 5.57. The molecule has 0 unspecified atom stereocenters. The van der Waals surface area contributed by atoms with E-state index in [0.29, 0.717) is 17.3 Å². The molecule has 0 radical (unpaired) electrons. The second kappa shape index (κ2) is 9.75. The number of phenolic OH excluding ortho intramolecular Hbond substituents is 1. The van der Waals surface area contributed by atoms with Gasteiger partial charge >= 0.3 is 5.97 Å². The SMILES string of the molecule is COC(=O)c1cc(NC(=O)CN2C(=O)S/C(=C/c3ccc(O)c(OC)c3)C2=O)ccc1Cl. The van der Waals surface area contributed by atoms with Crippen molar-refractivity contribution in [2.24, 2.45) is 0 Å². The van der Waals surface area contributed by atoms with Crippen LogP contribution in [0, 0.1) is 0 Å². The van der Waals surface area contributed by atoms with Gasteiger partial charge in [0.1, 0.15) is 6.54 Å². The van der Waals surface area contributed by atoms with Gasteiger partial charge in [-0.25, -0.2) is 4.79 Å². The molecular formula is C21H17ClN2O7S. The van der Waals surface area contributed by atoms with Crippen LogP contribution >= 0.6 is 23.4 Å². The van der Waals surface area contributed by atoms with Crippen LogP contribution in [0.15, 0.2) is 41.3 Å². The number of imide groups is 1. The molecule has 0 bridgehead atoms. The number of rotatable bonds is 6. The largest absolute Gasteiger partial charge is 0.504 e. The Kier molecular flexibility index (Phi) is 7.06. The van der Waals surface area contributed by atoms with E-state index in [-0.39, 0.29) is 32.7 Å². The van der Waals surface area contributed by atoms with Crippen molar-refractivity contribution >= 4 is 58.1 Å². The summed E-state index contributed by atoms with van der Waals surface area (Å²) in [6, 6.07) is 8.68. The van der Waals surface area contributed by atoms with Crippen molar-refractivity contribution in [3.05, 3.63) is 57.5 Å². The Hall–Kier alpha value is -3.50. The highest BCUT2D eigenvalue weighted by Gasteiger charge is 2.36. The molecule has 2 aromatic carbocycles. The van der Waals surface area contributed by atoms with Crippen LogP contribution in [-0.2, 0) is 14.3 Å². The summed E-state index contributed by atoms with van der Waals surface area (Å²) in [5, 5.41) is 11.7. The van der Waals surface area contributed by atoms with E-state index in [4.69, 9.17) is 16.3 Å². The number of benzene rings is 2. The number of methoxy groups -OCH3 is 2. The predicted octanol–water partition coefficient (Wildman–Crippen LogP) is 3.52. The van der Waals surface area contributed by atoms with Gasteiger partial charge in [-0.3, -0.25) is 19.3 Å². The maximum atomic E-state index is 12.6. The third kappa shape index (κ3) is 5.04. The highest BCUT2D eigenvalue weighted by molar-refractivity contribution is 8.18. The van der Waals surface area contributed by atoms with Gasteiger partial charge in [0.15, 0.2) is 11.5 Å². The van der Waals surface area contributed by atoms with Crippen LogP contribution in [-0.4, -0.2) is 53.8 Å². The first-order valence-corrected chi connectivity index (χ1v) is 10.2. The zero-order valence-electron chi connectivity index (χ0n) is 16.9. The molecule has 3 rings (SSSR count). The molecule has 0 aromatic heterocycles. The van der Waals surface area contributed by atoms with Crippen molar-refractivity contribution in [1.29, 1.82) is 0 Å². The summed E-state index contributed by atoms with van der Waals surface area (Å²) in [6.45, 7) is -0.517. The van der Waals surface area contributed by atoms with Gasteiger partial charge in [0.05, 0.1) is 29.7 Å². The number of thioether (sulfide) groups is 1. The topological polar surface area (TPSA) is 122 Å². The number of ether oxygens (including phenoxy) is 2. The lowest BCUT2D eigenvalue weighted by Gasteiger charge is -2.13. The smallest absolute Gasteiger partial charge is 0.339 e. The number of carbonyl (C=O) groups is 4. The fourth-order valence-electron chi connectivity index (χ4n) is 2.79. The average molecular weight is 477 g/mol. The second-order valence-electron chi connectivity index (χ2n) is 6.43. The molecular weight excluding hydrogens is 460 g/mol. The normalized spacial score (nSPS) is 14.6.